The summed E-state index contributed by atoms with van der Waals surface area (Å²) >= 11 is 0. The van der Waals surface area contributed by atoms with Crippen molar-refractivity contribution in [3.8, 4) is 0 Å². The van der Waals surface area contributed by atoms with Gasteiger partial charge in [-0.3, -0.25) is 4.79 Å². The van der Waals surface area contributed by atoms with Crippen LogP contribution in [0.3, 0.4) is 0 Å². The van der Waals surface area contributed by atoms with Crippen molar-refractivity contribution < 1.29 is 14.7 Å². The summed E-state index contributed by atoms with van der Waals surface area (Å²) in [5.74, 6) is -0.274. The maximum absolute atomic E-state index is 12.9. The highest BCUT2D eigenvalue weighted by atomic mass is 16.4. The van der Waals surface area contributed by atoms with E-state index in [1.807, 2.05) is 0 Å². The molecule has 2 aliphatic heterocycles. The number of amides is 1. The van der Waals surface area contributed by atoms with E-state index < -0.39 is 12.0 Å². The summed E-state index contributed by atoms with van der Waals surface area (Å²) in [6.07, 6.45) is 9.07. The Hall–Kier alpha value is -1.10. The van der Waals surface area contributed by atoms with Crippen LogP contribution in [0.25, 0.3) is 0 Å². The lowest BCUT2D eigenvalue weighted by atomic mass is 9.76. The molecular formula is C16H26N2O3. The molecule has 0 aromatic carbocycles. The van der Waals surface area contributed by atoms with Crippen LogP contribution < -0.4 is 5.32 Å². The fraction of sp³-hybridized carbons (Fsp3) is 0.875. The van der Waals surface area contributed by atoms with Crippen molar-refractivity contribution in [1.82, 2.24) is 10.2 Å². The lowest BCUT2D eigenvalue weighted by Gasteiger charge is -2.48. The van der Waals surface area contributed by atoms with Crippen molar-refractivity contribution >= 4 is 11.9 Å². The number of aliphatic carboxylic acids is 1. The maximum atomic E-state index is 12.9. The molecule has 3 aliphatic rings. The van der Waals surface area contributed by atoms with Gasteiger partial charge in [0.15, 0.2) is 0 Å². The van der Waals surface area contributed by atoms with Crippen molar-refractivity contribution in [3.63, 3.8) is 0 Å². The Labute approximate surface area is 126 Å². The van der Waals surface area contributed by atoms with Crippen LogP contribution in [0, 0.1) is 5.92 Å². The summed E-state index contributed by atoms with van der Waals surface area (Å²) in [5, 5.41) is 12.8. The predicted octanol–water partition coefficient (Wildman–Crippen LogP) is 1.76. The topological polar surface area (TPSA) is 69.6 Å². The number of piperidine rings is 2. The van der Waals surface area contributed by atoms with Gasteiger partial charge in [-0.25, -0.2) is 4.79 Å². The lowest BCUT2D eigenvalue weighted by molar-refractivity contribution is -0.159. The average Bonchev–Trinajstić information content (AvgIpc) is 2.53. The smallest absolute Gasteiger partial charge is 0.326 e. The number of likely N-dealkylation sites (tertiary alicyclic amines) is 1. The zero-order valence-corrected chi connectivity index (χ0v) is 12.6. The Morgan fingerprint density at radius 1 is 0.952 bits per heavy atom. The van der Waals surface area contributed by atoms with Crippen molar-refractivity contribution in [1.29, 1.82) is 0 Å². The van der Waals surface area contributed by atoms with E-state index in [0.717, 1.165) is 51.5 Å². The van der Waals surface area contributed by atoms with Gasteiger partial charge in [0.1, 0.15) is 6.04 Å². The van der Waals surface area contributed by atoms with Crippen LogP contribution in [0.1, 0.15) is 57.8 Å². The van der Waals surface area contributed by atoms with Gasteiger partial charge in [-0.05, 0) is 51.0 Å². The van der Waals surface area contributed by atoms with Crippen LogP contribution >= 0.6 is 0 Å². The quantitative estimate of drug-likeness (QED) is 0.814. The molecule has 0 bridgehead atoms. The first kappa shape index (κ1) is 14.8. The largest absolute Gasteiger partial charge is 0.480 e. The molecule has 2 N–H and O–H groups in total. The molecule has 1 amide bonds. The predicted molar refractivity (Wildman–Crippen MR) is 78.9 cm³/mol. The van der Waals surface area contributed by atoms with Gasteiger partial charge in [-0.2, -0.15) is 0 Å². The number of carboxylic acids is 1. The molecule has 3 rings (SSSR count). The van der Waals surface area contributed by atoms with Gasteiger partial charge in [0.2, 0.25) is 5.91 Å². The minimum atomic E-state index is -0.830. The summed E-state index contributed by atoms with van der Waals surface area (Å²) in [4.78, 5) is 26.3. The molecule has 4 atom stereocenters. The number of nitrogens with one attached hydrogen (secondary N) is 1. The Morgan fingerprint density at radius 3 is 2.43 bits per heavy atom. The molecule has 2 saturated heterocycles. The Kier molecular flexibility index (Phi) is 4.48. The van der Waals surface area contributed by atoms with Gasteiger partial charge in [-0.1, -0.05) is 19.3 Å². The second kappa shape index (κ2) is 6.34. The molecule has 21 heavy (non-hydrogen) atoms. The Morgan fingerprint density at radius 2 is 1.71 bits per heavy atom. The van der Waals surface area contributed by atoms with E-state index in [4.69, 9.17) is 0 Å². The van der Waals surface area contributed by atoms with Gasteiger partial charge in [-0.15, -0.1) is 0 Å². The first-order valence-electron chi connectivity index (χ1n) is 8.47. The fourth-order valence-electron chi connectivity index (χ4n) is 4.44. The Bertz CT molecular complexity index is 406. The normalized spacial score (nSPS) is 36.9. The summed E-state index contributed by atoms with van der Waals surface area (Å²) in [7, 11) is 0. The number of rotatable bonds is 2. The Balaban J connectivity index is 1.81. The summed E-state index contributed by atoms with van der Waals surface area (Å²) in [5.41, 5.74) is 0. The number of carbonyl (C=O) groups is 2. The van der Waals surface area contributed by atoms with Gasteiger partial charge >= 0.3 is 5.97 Å². The number of hydrogen-bond donors (Lipinski definition) is 2. The standard InChI is InChI=1S/C16H26N2O3/c19-15(12-6-3-4-10-17-12)18-13-7-2-1-5-11(13)8-9-14(18)16(20)21/h11-14,17H,1-10H2,(H,20,21)/t11?,12-,13?,14?/m1/s1. The van der Waals surface area contributed by atoms with E-state index in [0.29, 0.717) is 12.3 Å². The molecule has 0 aromatic rings. The van der Waals surface area contributed by atoms with E-state index in [1.165, 1.54) is 6.42 Å². The number of hydrogen-bond acceptors (Lipinski definition) is 3. The molecule has 0 radical (unpaired) electrons. The third kappa shape index (κ3) is 2.93. The molecule has 3 unspecified atom stereocenters. The molecule has 118 valence electrons. The summed E-state index contributed by atoms with van der Waals surface area (Å²) < 4.78 is 0. The van der Waals surface area contributed by atoms with E-state index in [9.17, 15) is 14.7 Å². The molecule has 2 heterocycles. The van der Waals surface area contributed by atoms with Crippen molar-refractivity contribution in [2.24, 2.45) is 5.92 Å². The summed E-state index contributed by atoms with van der Waals surface area (Å²) in [6, 6.07) is -0.619. The lowest BCUT2D eigenvalue weighted by Crippen LogP contribution is -2.61. The number of fused-ring (bicyclic) bond motifs is 1. The molecule has 0 aromatic heterocycles. The first-order valence-corrected chi connectivity index (χ1v) is 8.47. The van der Waals surface area contributed by atoms with E-state index in [-0.39, 0.29) is 18.0 Å². The summed E-state index contributed by atoms with van der Waals surface area (Å²) in [6.45, 7) is 0.871. The van der Waals surface area contributed by atoms with Gasteiger partial charge < -0.3 is 15.3 Å². The molecule has 1 saturated carbocycles. The van der Waals surface area contributed by atoms with Crippen LogP contribution in [-0.4, -0.2) is 46.6 Å². The zero-order chi connectivity index (χ0) is 14.8. The fourth-order valence-corrected chi connectivity index (χ4v) is 4.44. The van der Waals surface area contributed by atoms with Crippen LogP contribution in [0.5, 0.6) is 0 Å². The number of carboxylic acid groups (broad SMARTS) is 1. The van der Waals surface area contributed by atoms with E-state index >= 15 is 0 Å². The van der Waals surface area contributed by atoms with Crippen LogP contribution in [0.2, 0.25) is 0 Å². The van der Waals surface area contributed by atoms with Crippen LogP contribution in [0.15, 0.2) is 0 Å². The van der Waals surface area contributed by atoms with Crippen LogP contribution in [-0.2, 0) is 9.59 Å². The minimum Gasteiger partial charge on any atom is -0.480 e. The first-order chi connectivity index (χ1) is 10.2. The number of nitrogens with zero attached hydrogens (tertiary/aromatic N) is 1. The highest BCUT2D eigenvalue weighted by Crippen LogP contribution is 2.38. The van der Waals surface area contributed by atoms with Crippen molar-refractivity contribution in [2.75, 3.05) is 6.54 Å². The molecule has 0 spiro atoms. The van der Waals surface area contributed by atoms with Crippen molar-refractivity contribution in [3.05, 3.63) is 0 Å². The SMILES string of the molecule is O=C(O)C1CCC2CCCCC2N1C(=O)[C@H]1CCCCN1. The third-order valence-corrected chi connectivity index (χ3v) is 5.52. The second-order valence-electron chi connectivity index (χ2n) is 6.79. The van der Waals surface area contributed by atoms with E-state index in [2.05, 4.69) is 5.32 Å². The zero-order valence-electron chi connectivity index (χ0n) is 12.6. The van der Waals surface area contributed by atoms with Gasteiger partial charge in [0.05, 0.1) is 6.04 Å². The van der Waals surface area contributed by atoms with Gasteiger partial charge in [0, 0.05) is 6.04 Å². The third-order valence-electron chi connectivity index (χ3n) is 5.52. The van der Waals surface area contributed by atoms with Gasteiger partial charge in [0.25, 0.3) is 0 Å². The average molecular weight is 294 g/mol. The highest BCUT2D eigenvalue weighted by molar-refractivity contribution is 5.87. The number of carbonyl (C=O) groups excluding carboxylic acids is 1. The highest BCUT2D eigenvalue weighted by Gasteiger charge is 2.45. The van der Waals surface area contributed by atoms with E-state index in [1.54, 1.807) is 4.90 Å². The molecular weight excluding hydrogens is 268 g/mol. The second-order valence-corrected chi connectivity index (χ2v) is 6.79. The molecule has 1 aliphatic carbocycles. The molecule has 3 fully saturated rings. The molecule has 5 nitrogen and oxygen atoms in total. The molecule has 5 heteroatoms. The van der Waals surface area contributed by atoms with Crippen LogP contribution in [0.4, 0.5) is 0 Å². The minimum absolute atomic E-state index is 0.0405. The maximum Gasteiger partial charge on any atom is 0.326 e. The van der Waals surface area contributed by atoms with Crippen molar-refractivity contribution in [2.45, 2.75) is 75.9 Å². The monoisotopic (exact) mass is 294 g/mol.